The molecule has 0 bridgehead atoms. The monoisotopic (exact) mass is 374 g/mol. The highest BCUT2D eigenvalue weighted by Crippen LogP contribution is 2.21. The Bertz CT molecular complexity index is 904. The Labute approximate surface area is 166 Å². The van der Waals surface area contributed by atoms with E-state index in [1.54, 1.807) is 12.5 Å². The lowest BCUT2D eigenvalue weighted by atomic mass is 9.99. The van der Waals surface area contributed by atoms with E-state index >= 15 is 0 Å². The summed E-state index contributed by atoms with van der Waals surface area (Å²) in [5.74, 6) is 2.52. The van der Waals surface area contributed by atoms with Crippen molar-refractivity contribution in [2.45, 2.75) is 19.4 Å². The molecular weight excluding hydrogens is 348 g/mol. The summed E-state index contributed by atoms with van der Waals surface area (Å²) >= 11 is 0. The van der Waals surface area contributed by atoms with Gasteiger partial charge in [-0.3, -0.25) is 9.56 Å². The summed E-state index contributed by atoms with van der Waals surface area (Å²) in [6.45, 7) is 2.75. The first-order chi connectivity index (χ1) is 13.8. The van der Waals surface area contributed by atoms with Crippen molar-refractivity contribution in [2.75, 3.05) is 20.1 Å². The third kappa shape index (κ3) is 4.22. The van der Waals surface area contributed by atoms with Crippen LogP contribution in [0.5, 0.6) is 0 Å². The third-order valence-corrected chi connectivity index (χ3v) is 5.22. The van der Waals surface area contributed by atoms with Crippen LogP contribution in [-0.4, -0.2) is 45.5 Å². The summed E-state index contributed by atoms with van der Waals surface area (Å²) in [5.41, 5.74) is 2.53. The number of hydrogen-bond acceptors (Lipinski definition) is 3. The Kier molecular flexibility index (Phi) is 5.66. The number of guanidine groups is 1. The van der Waals surface area contributed by atoms with Crippen molar-refractivity contribution in [3.8, 4) is 5.82 Å². The Morgan fingerprint density at radius 1 is 1.18 bits per heavy atom. The van der Waals surface area contributed by atoms with Gasteiger partial charge in [0.2, 0.25) is 0 Å². The zero-order chi connectivity index (χ0) is 19.2. The van der Waals surface area contributed by atoms with Gasteiger partial charge in [0.15, 0.2) is 5.96 Å². The van der Waals surface area contributed by atoms with Crippen molar-refractivity contribution in [3.63, 3.8) is 0 Å². The molecule has 0 spiro atoms. The number of hydrogen-bond donors (Lipinski definition) is 1. The quantitative estimate of drug-likeness (QED) is 0.551. The van der Waals surface area contributed by atoms with Gasteiger partial charge >= 0.3 is 0 Å². The minimum Gasteiger partial charge on any atom is -0.352 e. The Morgan fingerprint density at radius 2 is 2.07 bits per heavy atom. The molecule has 1 aromatic carbocycles. The van der Waals surface area contributed by atoms with E-state index in [1.165, 1.54) is 12.0 Å². The molecule has 1 unspecified atom stereocenters. The van der Waals surface area contributed by atoms with Gasteiger partial charge in [-0.2, -0.15) is 0 Å². The summed E-state index contributed by atoms with van der Waals surface area (Å²) in [6.07, 6.45) is 9.58. The van der Waals surface area contributed by atoms with Gasteiger partial charge in [0.05, 0.1) is 0 Å². The first-order valence-electron chi connectivity index (χ1n) is 9.75. The average molecular weight is 374 g/mol. The molecule has 1 N–H and O–H groups in total. The highest BCUT2D eigenvalue weighted by molar-refractivity contribution is 5.80. The molecule has 3 aromatic rings. The molecule has 1 saturated heterocycles. The van der Waals surface area contributed by atoms with E-state index in [4.69, 9.17) is 0 Å². The predicted molar refractivity (Wildman–Crippen MR) is 111 cm³/mol. The maximum Gasteiger partial charge on any atom is 0.193 e. The van der Waals surface area contributed by atoms with Gasteiger partial charge in [-0.1, -0.05) is 36.4 Å². The van der Waals surface area contributed by atoms with E-state index in [1.807, 2.05) is 30.1 Å². The summed E-state index contributed by atoms with van der Waals surface area (Å²) < 4.78 is 1.94. The topological polar surface area (TPSA) is 58.3 Å². The van der Waals surface area contributed by atoms with Crippen LogP contribution in [0, 0.1) is 5.92 Å². The first kappa shape index (κ1) is 18.2. The van der Waals surface area contributed by atoms with Crippen molar-refractivity contribution in [1.82, 2.24) is 24.8 Å². The molecule has 2 aromatic heterocycles. The van der Waals surface area contributed by atoms with Gasteiger partial charge in [0.1, 0.15) is 12.1 Å². The maximum atomic E-state index is 4.51. The van der Waals surface area contributed by atoms with Crippen LogP contribution in [-0.2, 0) is 13.0 Å². The van der Waals surface area contributed by atoms with Crippen LogP contribution in [0.15, 0.2) is 72.4 Å². The van der Waals surface area contributed by atoms with Crippen molar-refractivity contribution in [1.29, 1.82) is 0 Å². The van der Waals surface area contributed by atoms with Crippen LogP contribution in [0.25, 0.3) is 5.82 Å². The highest BCUT2D eigenvalue weighted by Gasteiger charge is 2.25. The number of aromatic nitrogens is 3. The zero-order valence-corrected chi connectivity index (χ0v) is 16.2. The molecule has 1 fully saturated rings. The van der Waals surface area contributed by atoms with E-state index in [-0.39, 0.29) is 0 Å². The molecule has 0 aliphatic carbocycles. The van der Waals surface area contributed by atoms with Gasteiger partial charge < -0.3 is 10.2 Å². The molecular formula is C22H26N6. The van der Waals surface area contributed by atoms with Crippen LogP contribution in [0.4, 0.5) is 0 Å². The molecule has 3 heterocycles. The number of aliphatic imine (C=N–C) groups is 1. The third-order valence-electron chi connectivity index (χ3n) is 5.22. The molecule has 0 amide bonds. The van der Waals surface area contributed by atoms with E-state index in [0.29, 0.717) is 12.5 Å². The largest absolute Gasteiger partial charge is 0.352 e. The number of imidazole rings is 1. The SMILES string of the molecule is CN=C(NCc1cccnc1-n1ccnc1)N1CCC(Cc2ccccc2)C1. The smallest absolute Gasteiger partial charge is 0.193 e. The maximum absolute atomic E-state index is 4.51. The van der Waals surface area contributed by atoms with Crippen molar-refractivity contribution < 1.29 is 0 Å². The van der Waals surface area contributed by atoms with E-state index < -0.39 is 0 Å². The van der Waals surface area contributed by atoms with E-state index in [2.05, 4.69) is 61.6 Å². The number of nitrogens with zero attached hydrogens (tertiary/aromatic N) is 5. The molecule has 4 rings (SSSR count). The minimum absolute atomic E-state index is 0.667. The summed E-state index contributed by atoms with van der Waals surface area (Å²) in [7, 11) is 1.85. The molecule has 0 radical (unpaired) electrons. The zero-order valence-electron chi connectivity index (χ0n) is 16.2. The van der Waals surface area contributed by atoms with E-state index in [0.717, 1.165) is 36.9 Å². The van der Waals surface area contributed by atoms with Crippen LogP contribution in [0.1, 0.15) is 17.5 Å². The van der Waals surface area contributed by atoms with Gasteiger partial charge in [0, 0.05) is 50.8 Å². The van der Waals surface area contributed by atoms with Crippen LogP contribution >= 0.6 is 0 Å². The van der Waals surface area contributed by atoms with Crippen molar-refractivity contribution in [3.05, 3.63) is 78.5 Å². The van der Waals surface area contributed by atoms with Gasteiger partial charge in [-0.15, -0.1) is 0 Å². The average Bonchev–Trinajstić information content (AvgIpc) is 3.42. The minimum atomic E-state index is 0.667. The molecule has 1 aliphatic rings. The second kappa shape index (κ2) is 8.69. The summed E-state index contributed by atoms with van der Waals surface area (Å²) in [5, 5.41) is 3.52. The lowest BCUT2D eigenvalue weighted by Gasteiger charge is -2.22. The number of nitrogens with one attached hydrogen (secondary N) is 1. The first-order valence-corrected chi connectivity index (χ1v) is 9.75. The van der Waals surface area contributed by atoms with Crippen molar-refractivity contribution >= 4 is 5.96 Å². The number of benzene rings is 1. The molecule has 28 heavy (non-hydrogen) atoms. The Balaban J connectivity index is 1.37. The highest BCUT2D eigenvalue weighted by atomic mass is 15.3. The van der Waals surface area contributed by atoms with Gasteiger partial charge in [0.25, 0.3) is 0 Å². The number of rotatable bonds is 5. The molecule has 6 nitrogen and oxygen atoms in total. The Hall–Kier alpha value is -3.15. The molecule has 144 valence electrons. The fourth-order valence-electron chi connectivity index (χ4n) is 3.83. The molecule has 1 aliphatic heterocycles. The summed E-state index contributed by atoms with van der Waals surface area (Å²) in [6, 6.07) is 14.8. The predicted octanol–water partition coefficient (Wildman–Crippen LogP) is 2.91. The van der Waals surface area contributed by atoms with E-state index in [9.17, 15) is 0 Å². The standard InChI is InChI=1S/C22H26N6/c1-23-22(27-12-9-19(16-27)14-18-6-3-2-4-7-18)26-15-20-8-5-10-25-21(20)28-13-11-24-17-28/h2-8,10-11,13,17,19H,9,12,14-16H2,1H3,(H,23,26). The lowest BCUT2D eigenvalue weighted by Crippen LogP contribution is -2.39. The summed E-state index contributed by atoms with van der Waals surface area (Å²) in [4.78, 5) is 15.5. The fourth-order valence-corrected chi connectivity index (χ4v) is 3.83. The fraction of sp³-hybridized carbons (Fsp3) is 0.318. The number of likely N-dealkylation sites (tertiary alicyclic amines) is 1. The van der Waals surface area contributed by atoms with Crippen LogP contribution in [0.3, 0.4) is 0 Å². The normalized spacial score (nSPS) is 17.1. The van der Waals surface area contributed by atoms with Crippen molar-refractivity contribution in [2.24, 2.45) is 10.9 Å². The lowest BCUT2D eigenvalue weighted by molar-refractivity contribution is 0.459. The molecule has 1 atom stereocenters. The Morgan fingerprint density at radius 3 is 2.86 bits per heavy atom. The second-order valence-corrected chi connectivity index (χ2v) is 7.15. The number of pyridine rings is 1. The van der Waals surface area contributed by atoms with Crippen LogP contribution in [0.2, 0.25) is 0 Å². The van der Waals surface area contributed by atoms with Crippen LogP contribution < -0.4 is 5.32 Å². The second-order valence-electron chi connectivity index (χ2n) is 7.15. The van der Waals surface area contributed by atoms with Gasteiger partial charge in [-0.05, 0) is 30.4 Å². The molecule has 6 heteroatoms. The van der Waals surface area contributed by atoms with Gasteiger partial charge in [-0.25, -0.2) is 9.97 Å². The molecule has 0 saturated carbocycles.